The minimum atomic E-state index is 0.0925. The SMILES string of the molecule is CC(C)(C)CC(=O)NCC1(CBr)CC1. The van der Waals surface area contributed by atoms with Crippen molar-refractivity contribution in [2.75, 3.05) is 11.9 Å². The maximum Gasteiger partial charge on any atom is 0.220 e. The van der Waals surface area contributed by atoms with Crippen molar-refractivity contribution in [2.45, 2.75) is 40.0 Å². The summed E-state index contributed by atoms with van der Waals surface area (Å²) in [5, 5.41) is 4.03. The summed E-state index contributed by atoms with van der Waals surface area (Å²) in [4.78, 5) is 11.5. The number of hydrogen-bond donors (Lipinski definition) is 1. The van der Waals surface area contributed by atoms with Gasteiger partial charge >= 0.3 is 0 Å². The van der Waals surface area contributed by atoms with Crippen LogP contribution in [0.2, 0.25) is 0 Å². The Kier molecular flexibility index (Phi) is 3.62. The molecule has 0 unspecified atom stereocenters. The normalized spacial score (nSPS) is 19.1. The summed E-state index contributed by atoms with van der Waals surface area (Å²) in [6, 6.07) is 0. The van der Waals surface area contributed by atoms with Crippen LogP contribution < -0.4 is 5.32 Å². The van der Waals surface area contributed by atoms with Gasteiger partial charge in [0.25, 0.3) is 0 Å². The van der Waals surface area contributed by atoms with Crippen molar-refractivity contribution in [3.63, 3.8) is 0 Å². The third-order valence-electron chi connectivity index (χ3n) is 2.59. The molecule has 82 valence electrons. The van der Waals surface area contributed by atoms with Gasteiger partial charge in [0.2, 0.25) is 5.91 Å². The van der Waals surface area contributed by atoms with Gasteiger partial charge in [0, 0.05) is 18.3 Å². The highest BCUT2D eigenvalue weighted by atomic mass is 79.9. The molecule has 1 fully saturated rings. The summed E-state index contributed by atoms with van der Waals surface area (Å²) in [7, 11) is 0. The molecule has 0 radical (unpaired) electrons. The number of rotatable bonds is 4. The third kappa shape index (κ3) is 3.99. The lowest BCUT2D eigenvalue weighted by atomic mass is 9.92. The van der Waals surface area contributed by atoms with Crippen molar-refractivity contribution >= 4 is 21.8 Å². The highest BCUT2D eigenvalue weighted by Crippen LogP contribution is 2.46. The number of carbonyl (C=O) groups is 1. The van der Waals surface area contributed by atoms with E-state index in [2.05, 4.69) is 42.0 Å². The first kappa shape index (κ1) is 12.0. The van der Waals surface area contributed by atoms with Gasteiger partial charge < -0.3 is 5.32 Å². The topological polar surface area (TPSA) is 29.1 Å². The summed E-state index contributed by atoms with van der Waals surface area (Å²) in [5.41, 5.74) is 0.475. The summed E-state index contributed by atoms with van der Waals surface area (Å²) < 4.78 is 0. The van der Waals surface area contributed by atoms with Crippen LogP contribution in [0.1, 0.15) is 40.0 Å². The highest BCUT2D eigenvalue weighted by molar-refractivity contribution is 9.09. The molecule has 2 nitrogen and oxygen atoms in total. The van der Waals surface area contributed by atoms with Gasteiger partial charge in [-0.1, -0.05) is 36.7 Å². The standard InChI is InChI=1S/C11H20BrNO/c1-10(2,3)6-9(14)13-8-11(7-12)4-5-11/h4-8H2,1-3H3,(H,13,14). The molecule has 0 aliphatic heterocycles. The van der Waals surface area contributed by atoms with Crippen molar-refractivity contribution in [3.8, 4) is 0 Å². The van der Waals surface area contributed by atoms with E-state index in [0.29, 0.717) is 11.8 Å². The molecular weight excluding hydrogens is 242 g/mol. The third-order valence-corrected chi connectivity index (χ3v) is 3.78. The summed E-state index contributed by atoms with van der Waals surface area (Å²) in [6.45, 7) is 7.10. The molecule has 1 N–H and O–H groups in total. The average molecular weight is 262 g/mol. The molecule has 0 aromatic carbocycles. The van der Waals surface area contributed by atoms with Crippen LogP contribution in [0, 0.1) is 10.8 Å². The number of carbonyl (C=O) groups excluding carboxylic acids is 1. The Bertz CT molecular complexity index is 216. The lowest BCUT2D eigenvalue weighted by molar-refractivity contribution is -0.123. The first-order valence-electron chi connectivity index (χ1n) is 5.20. The predicted octanol–water partition coefficient (Wildman–Crippen LogP) is 2.71. The number of alkyl halides is 1. The van der Waals surface area contributed by atoms with Gasteiger partial charge in [-0.05, 0) is 23.7 Å². The summed E-state index contributed by atoms with van der Waals surface area (Å²) >= 11 is 3.49. The summed E-state index contributed by atoms with van der Waals surface area (Å²) in [5.74, 6) is 0.185. The van der Waals surface area contributed by atoms with E-state index >= 15 is 0 Å². The van der Waals surface area contributed by atoms with Gasteiger partial charge in [0.05, 0.1) is 0 Å². The predicted molar refractivity (Wildman–Crippen MR) is 62.5 cm³/mol. The monoisotopic (exact) mass is 261 g/mol. The van der Waals surface area contributed by atoms with Crippen molar-refractivity contribution in [2.24, 2.45) is 10.8 Å². The van der Waals surface area contributed by atoms with E-state index in [4.69, 9.17) is 0 Å². The highest BCUT2D eigenvalue weighted by Gasteiger charge is 2.41. The lowest BCUT2D eigenvalue weighted by Gasteiger charge is -2.19. The van der Waals surface area contributed by atoms with E-state index in [9.17, 15) is 4.79 Å². The molecule has 1 rings (SSSR count). The molecule has 0 aromatic heterocycles. The van der Waals surface area contributed by atoms with Crippen molar-refractivity contribution < 1.29 is 4.79 Å². The Morgan fingerprint density at radius 2 is 2.00 bits per heavy atom. The minimum Gasteiger partial charge on any atom is -0.355 e. The molecule has 0 saturated heterocycles. The van der Waals surface area contributed by atoms with Gasteiger partial charge in [-0.15, -0.1) is 0 Å². The first-order chi connectivity index (χ1) is 6.37. The van der Waals surface area contributed by atoms with Gasteiger partial charge in [0.1, 0.15) is 0 Å². The van der Waals surface area contributed by atoms with Crippen LogP contribution in [-0.4, -0.2) is 17.8 Å². The van der Waals surface area contributed by atoms with Crippen molar-refractivity contribution in [1.82, 2.24) is 5.32 Å². The largest absolute Gasteiger partial charge is 0.355 e. The molecule has 1 amide bonds. The lowest BCUT2D eigenvalue weighted by Crippen LogP contribution is -2.33. The molecule has 0 heterocycles. The van der Waals surface area contributed by atoms with Crippen LogP contribution >= 0.6 is 15.9 Å². The molecule has 0 aromatic rings. The Balaban J connectivity index is 2.22. The second kappa shape index (κ2) is 4.21. The molecule has 0 bridgehead atoms. The Labute approximate surface area is 95.0 Å². The summed E-state index contributed by atoms with van der Waals surface area (Å²) in [6.07, 6.45) is 3.10. The van der Waals surface area contributed by atoms with E-state index in [1.807, 2.05) is 0 Å². The van der Waals surface area contributed by atoms with Crippen LogP contribution in [0.25, 0.3) is 0 Å². The molecular formula is C11H20BrNO. The fourth-order valence-corrected chi connectivity index (χ4v) is 2.12. The first-order valence-corrected chi connectivity index (χ1v) is 6.32. The van der Waals surface area contributed by atoms with Gasteiger partial charge in [-0.3, -0.25) is 4.79 Å². The van der Waals surface area contributed by atoms with E-state index < -0.39 is 0 Å². The van der Waals surface area contributed by atoms with Crippen molar-refractivity contribution in [3.05, 3.63) is 0 Å². The average Bonchev–Trinajstić information content (AvgIpc) is 2.78. The second-order valence-corrected chi connectivity index (χ2v) is 6.21. The maximum absolute atomic E-state index is 11.5. The minimum absolute atomic E-state index is 0.0925. The van der Waals surface area contributed by atoms with Crippen LogP contribution in [-0.2, 0) is 4.79 Å². The molecule has 14 heavy (non-hydrogen) atoms. The molecule has 1 saturated carbocycles. The fraction of sp³-hybridized carbons (Fsp3) is 0.909. The molecule has 1 aliphatic rings. The van der Waals surface area contributed by atoms with Gasteiger partial charge in [0.15, 0.2) is 0 Å². The molecule has 1 aliphatic carbocycles. The van der Waals surface area contributed by atoms with Crippen LogP contribution in [0.4, 0.5) is 0 Å². The quantitative estimate of drug-likeness (QED) is 0.775. The zero-order chi connectivity index (χ0) is 10.8. The molecule has 3 heteroatoms. The Morgan fingerprint density at radius 3 is 2.36 bits per heavy atom. The van der Waals surface area contributed by atoms with E-state index in [-0.39, 0.29) is 11.3 Å². The van der Waals surface area contributed by atoms with Gasteiger partial charge in [-0.2, -0.15) is 0 Å². The maximum atomic E-state index is 11.5. The van der Waals surface area contributed by atoms with E-state index in [1.165, 1.54) is 12.8 Å². The van der Waals surface area contributed by atoms with Crippen LogP contribution in [0.15, 0.2) is 0 Å². The molecule has 0 atom stereocenters. The number of amides is 1. The van der Waals surface area contributed by atoms with E-state index in [0.717, 1.165) is 11.9 Å². The Hall–Kier alpha value is -0.0500. The number of nitrogens with one attached hydrogen (secondary N) is 1. The smallest absolute Gasteiger partial charge is 0.220 e. The van der Waals surface area contributed by atoms with E-state index in [1.54, 1.807) is 0 Å². The number of halogens is 1. The van der Waals surface area contributed by atoms with Crippen LogP contribution in [0.5, 0.6) is 0 Å². The fourth-order valence-electron chi connectivity index (χ4n) is 1.36. The molecule has 0 spiro atoms. The zero-order valence-corrected chi connectivity index (χ0v) is 10.9. The van der Waals surface area contributed by atoms with Crippen LogP contribution in [0.3, 0.4) is 0 Å². The van der Waals surface area contributed by atoms with Crippen molar-refractivity contribution in [1.29, 1.82) is 0 Å². The van der Waals surface area contributed by atoms with Gasteiger partial charge in [-0.25, -0.2) is 0 Å². The number of hydrogen-bond acceptors (Lipinski definition) is 1. The zero-order valence-electron chi connectivity index (χ0n) is 9.32. The second-order valence-electron chi connectivity index (χ2n) is 5.65. The Morgan fingerprint density at radius 1 is 1.43 bits per heavy atom.